The van der Waals surface area contributed by atoms with Crippen LogP contribution in [0.3, 0.4) is 0 Å². The lowest BCUT2D eigenvalue weighted by Crippen LogP contribution is -2.35. The van der Waals surface area contributed by atoms with E-state index in [2.05, 4.69) is 66.9 Å². The smallest absolute Gasteiger partial charge is 0.0266 e. The van der Waals surface area contributed by atoms with Crippen LogP contribution < -0.4 is 10.6 Å². The Morgan fingerprint density at radius 2 is 1.82 bits per heavy atom. The molecule has 22 heavy (non-hydrogen) atoms. The van der Waals surface area contributed by atoms with Crippen LogP contribution in [0.2, 0.25) is 0 Å². The second-order valence-corrected chi connectivity index (χ2v) is 5.65. The van der Waals surface area contributed by atoms with Gasteiger partial charge in [0.05, 0.1) is 0 Å². The van der Waals surface area contributed by atoms with Crippen LogP contribution in [-0.2, 0) is 13.0 Å². The Bertz CT molecular complexity index is 425. The zero-order valence-corrected chi connectivity index (χ0v) is 14.1. The Morgan fingerprint density at radius 3 is 2.41 bits per heavy atom. The maximum atomic E-state index is 3.92. The third kappa shape index (κ3) is 7.43. The highest BCUT2D eigenvalue weighted by Crippen LogP contribution is 2.08. The summed E-state index contributed by atoms with van der Waals surface area (Å²) in [5, 5.41) is 6.57. The average molecular weight is 301 g/mol. The quantitative estimate of drug-likeness (QED) is 0.459. The maximum Gasteiger partial charge on any atom is 0.0266 e. The summed E-state index contributed by atoms with van der Waals surface area (Å²) in [7, 11) is 2.17. The van der Waals surface area contributed by atoms with Gasteiger partial charge in [-0.25, -0.2) is 0 Å². The molecule has 0 aliphatic rings. The van der Waals surface area contributed by atoms with E-state index in [0.717, 1.165) is 39.0 Å². The number of nitrogens with one attached hydrogen (secondary N) is 2. The van der Waals surface area contributed by atoms with Crippen LogP contribution in [0.1, 0.15) is 24.5 Å². The number of benzene rings is 1. The molecule has 1 aromatic carbocycles. The molecule has 3 heteroatoms. The molecule has 0 fully saturated rings. The molecule has 0 amide bonds. The van der Waals surface area contributed by atoms with Crippen LogP contribution >= 0.6 is 0 Å². The van der Waals surface area contributed by atoms with Crippen LogP contribution in [-0.4, -0.2) is 37.6 Å². The zero-order valence-electron chi connectivity index (χ0n) is 14.1. The summed E-state index contributed by atoms with van der Waals surface area (Å²) in [6, 6.07) is 9.28. The largest absolute Gasteiger partial charge is 0.390 e. The minimum absolute atomic E-state index is 0.358. The molecule has 0 radical (unpaired) electrons. The van der Waals surface area contributed by atoms with E-state index in [1.807, 2.05) is 6.08 Å². The monoisotopic (exact) mass is 301 g/mol. The SMILES string of the molecule is C=CNCCN[C@@H](C=C)CCN(C)Cc1ccc(CC)cc1. The molecule has 2 N–H and O–H groups in total. The van der Waals surface area contributed by atoms with Crippen molar-refractivity contribution in [3.05, 3.63) is 60.8 Å². The van der Waals surface area contributed by atoms with E-state index >= 15 is 0 Å². The Kier molecular flexibility index (Phi) is 9.28. The van der Waals surface area contributed by atoms with E-state index < -0.39 is 0 Å². The molecule has 0 saturated heterocycles. The Balaban J connectivity index is 2.28. The van der Waals surface area contributed by atoms with Gasteiger partial charge in [-0.1, -0.05) is 43.8 Å². The lowest BCUT2D eigenvalue weighted by molar-refractivity contribution is 0.309. The van der Waals surface area contributed by atoms with Crippen molar-refractivity contribution in [2.45, 2.75) is 32.4 Å². The Hall–Kier alpha value is -1.58. The highest BCUT2D eigenvalue weighted by atomic mass is 15.1. The zero-order chi connectivity index (χ0) is 16.2. The fourth-order valence-corrected chi connectivity index (χ4v) is 2.37. The molecule has 0 unspecified atom stereocenters. The first kappa shape index (κ1) is 18.5. The van der Waals surface area contributed by atoms with Gasteiger partial charge in [-0.3, -0.25) is 0 Å². The molecule has 0 bridgehead atoms. The molecule has 1 rings (SSSR count). The van der Waals surface area contributed by atoms with Gasteiger partial charge >= 0.3 is 0 Å². The first-order valence-corrected chi connectivity index (χ1v) is 8.16. The van der Waals surface area contributed by atoms with E-state index in [-0.39, 0.29) is 0 Å². The first-order valence-electron chi connectivity index (χ1n) is 8.16. The van der Waals surface area contributed by atoms with Crippen molar-refractivity contribution in [2.75, 3.05) is 26.7 Å². The summed E-state index contributed by atoms with van der Waals surface area (Å²) in [5.41, 5.74) is 2.77. The molecule has 1 aromatic rings. The van der Waals surface area contributed by atoms with Crippen LogP contribution in [0.4, 0.5) is 0 Å². The lowest BCUT2D eigenvalue weighted by Gasteiger charge is -2.21. The number of rotatable bonds is 12. The number of hydrogen-bond donors (Lipinski definition) is 2. The third-order valence-corrected chi connectivity index (χ3v) is 3.81. The summed E-state index contributed by atoms with van der Waals surface area (Å²) in [6.07, 6.45) is 5.89. The predicted octanol–water partition coefficient (Wildman–Crippen LogP) is 2.95. The topological polar surface area (TPSA) is 27.3 Å². The lowest BCUT2D eigenvalue weighted by atomic mass is 10.1. The average Bonchev–Trinajstić information content (AvgIpc) is 2.55. The van der Waals surface area contributed by atoms with Gasteiger partial charge in [0.2, 0.25) is 0 Å². The molecule has 0 aliphatic heterocycles. The summed E-state index contributed by atoms with van der Waals surface area (Å²) in [4.78, 5) is 2.36. The maximum absolute atomic E-state index is 3.92. The fraction of sp³-hybridized carbons (Fsp3) is 0.474. The molecule has 0 spiro atoms. The molecule has 0 saturated carbocycles. The molecule has 1 atom stereocenters. The van der Waals surface area contributed by atoms with Crippen LogP contribution in [0.25, 0.3) is 0 Å². The van der Waals surface area contributed by atoms with E-state index in [4.69, 9.17) is 0 Å². The highest BCUT2D eigenvalue weighted by Gasteiger charge is 2.06. The van der Waals surface area contributed by atoms with E-state index in [0.29, 0.717) is 6.04 Å². The van der Waals surface area contributed by atoms with Gasteiger partial charge < -0.3 is 15.5 Å². The fourth-order valence-electron chi connectivity index (χ4n) is 2.37. The van der Waals surface area contributed by atoms with Gasteiger partial charge in [-0.15, -0.1) is 6.58 Å². The van der Waals surface area contributed by atoms with Crippen molar-refractivity contribution in [1.82, 2.24) is 15.5 Å². The normalized spacial score (nSPS) is 12.1. The van der Waals surface area contributed by atoms with E-state index in [9.17, 15) is 0 Å². The highest BCUT2D eigenvalue weighted by molar-refractivity contribution is 5.22. The number of aryl methyl sites for hydroxylation is 1. The van der Waals surface area contributed by atoms with E-state index in [1.165, 1.54) is 11.1 Å². The molecular weight excluding hydrogens is 270 g/mol. The van der Waals surface area contributed by atoms with Gasteiger partial charge in [0.1, 0.15) is 0 Å². The van der Waals surface area contributed by atoms with Gasteiger partial charge in [0.25, 0.3) is 0 Å². The van der Waals surface area contributed by atoms with Crippen molar-refractivity contribution < 1.29 is 0 Å². The van der Waals surface area contributed by atoms with Crippen LogP contribution in [0.15, 0.2) is 49.7 Å². The first-order chi connectivity index (χ1) is 10.7. The van der Waals surface area contributed by atoms with E-state index in [1.54, 1.807) is 6.20 Å². The molecule has 0 heterocycles. The summed E-state index contributed by atoms with van der Waals surface area (Å²) in [6.45, 7) is 13.6. The van der Waals surface area contributed by atoms with Crippen molar-refractivity contribution in [3.63, 3.8) is 0 Å². The van der Waals surface area contributed by atoms with Gasteiger partial charge in [0.15, 0.2) is 0 Å². The van der Waals surface area contributed by atoms with Gasteiger partial charge in [0, 0.05) is 25.7 Å². The van der Waals surface area contributed by atoms with Crippen LogP contribution in [0, 0.1) is 0 Å². The van der Waals surface area contributed by atoms with Crippen LogP contribution in [0.5, 0.6) is 0 Å². The molecule has 0 aliphatic carbocycles. The summed E-state index contributed by atoms with van der Waals surface area (Å²) >= 11 is 0. The summed E-state index contributed by atoms with van der Waals surface area (Å²) < 4.78 is 0. The molecular formula is C19H31N3. The third-order valence-electron chi connectivity index (χ3n) is 3.81. The van der Waals surface area contributed by atoms with Gasteiger partial charge in [-0.2, -0.15) is 0 Å². The number of hydrogen-bond acceptors (Lipinski definition) is 3. The molecule has 0 aromatic heterocycles. The Morgan fingerprint density at radius 1 is 1.14 bits per heavy atom. The van der Waals surface area contributed by atoms with Crippen molar-refractivity contribution >= 4 is 0 Å². The van der Waals surface area contributed by atoms with Gasteiger partial charge in [-0.05, 0) is 43.8 Å². The molecule has 122 valence electrons. The number of nitrogens with zero attached hydrogens (tertiary/aromatic N) is 1. The second kappa shape index (κ2) is 11.0. The predicted molar refractivity (Wildman–Crippen MR) is 97.0 cm³/mol. The standard InChI is InChI=1S/C19H31N3/c1-5-17-8-10-18(11-9-17)16-22(4)15-12-19(6-2)21-14-13-20-7-3/h6-11,19-21H,2-3,5,12-16H2,1,4H3/t19-/m0/s1. The second-order valence-electron chi connectivity index (χ2n) is 5.65. The minimum atomic E-state index is 0.358. The minimum Gasteiger partial charge on any atom is -0.390 e. The summed E-state index contributed by atoms with van der Waals surface area (Å²) in [5.74, 6) is 0. The van der Waals surface area contributed by atoms with Crippen molar-refractivity contribution in [1.29, 1.82) is 0 Å². The van der Waals surface area contributed by atoms with Crippen molar-refractivity contribution in [3.8, 4) is 0 Å². The van der Waals surface area contributed by atoms with Crippen molar-refractivity contribution in [2.24, 2.45) is 0 Å². The Labute approximate surface area is 136 Å². The molecule has 3 nitrogen and oxygen atoms in total.